The Morgan fingerprint density at radius 3 is 2.21 bits per heavy atom. The average molecular weight is 370 g/mol. The maximum Gasteiger partial charge on any atom is 0.434 e. The molecule has 4 fully saturated rings. The summed E-state index contributed by atoms with van der Waals surface area (Å²) in [6, 6.07) is 0. The number of aromatic nitrogens is 1. The Kier molecular flexibility index (Phi) is 4.53. The Balaban J connectivity index is 1.54. The number of hydrogen-bond donors (Lipinski definition) is 1. The van der Waals surface area contributed by atoms with Gasteiger partial charge in [-0.15, -0.1) is 11.3 Å². The Labute approximate surface area is 148 Å². The second-order valence-corrected chi connectivity index (χ2v) is 10.3. The van der Waals surface area contributed by atoms with Crippen LogP contribution in [0.1, 0.15) is 58.1 Å². The van der Waals surface area contributed by atoms with E-state index in [2.05, 4.69) is 10.5 Å². The lowest BCUT2D eigenvalue weighted by atomic mass is 9.49. The zero-order valence-corrected chi connectivity index (χ0v) is 16.2. The van der Waals surface area contributed by atoms with Gasteiger partial charge in [-0.3, -0.25) is 14.1 Å². The number of nitrogens with zero attached hydrogens (tertiary/aromatic N) is 1. The van der Waals surface area contributed by atoms with Gasteiger partial charge in [0.1, 0.15) is 0 Å². The van der Waals surface area contributed by atoms with Crippen molar-refractivity contribution in [2.24, 2.45) is 17.8 Å². The smallest absolute Gasteiger partial charge is 0.293 e. The van der Waals surface area contributed by atoms with Gasteiger partial charge in [0.05, 0.1) is 18.9 Å². The molecule has 0 saturated heterocycles. The molecule has 1 heterocycles. The van der Waals surface area contributed by atoms with Crippen LogP contribution >= 0.6 is 19.1 Å². The van der Waals surface area contributed by atoms with Crippen molar-refractivity contribution in [1.82, 2.24) is 4.98 Å². The van der Waals surface area contributed by atoms with Crippen LogP contribution in [0.2, 0.25) is 0 Å². The summed E-state index contributed by atoms with van der Waals surface area (Å²) in [5.41, 5.74) is 1.47. The summed E-state index contributed by atoms with van der Waals surface area (Å²) < 4.78 is 23.3. The highest BCUT2D eigenvalue weighted by Crippen LogP contribution is 2.61. The van der Waals surface area contributed by atoms with E-state index >= 15 is 0 Å². The van der Waals surface area contributed by atoms with Crippen LogP contribution in [0.3, 0.4) is 0 Å². The first-order valence-corrected chi connectivity index (χ1v) is 11.6. The number of rotatable bonds is 7. The first kappa shape index (κ1) is 17.0. The topological polar surface area (TPSA) is 60.5 Å². The number of nitrogens with one attached hydrogen (secondary N) is 1. The van der Waals surface area contributed by atoms with Gasteiger partial charge in [-0.1, -0.05) is 0 Å². The van der Waals surface area contributed by atoms with Crippen molar-refractivity contribution in [3.63, 3.8) is 0 Å². The zero-order chi connectivity index (χ0) is 16.8. The van der Waals surface area contributed by atoms with E-state index < -0.39 is 7.75 Å². The molecule has 0 aromatic carbocycles. The third-order valence-electron chi connectivity index (χ3n) is 5.92. The van der Waals surface area contributed by atoms with Crippen molar-refractivity contribution in [2.75, 3.05) is 18.3 Å². The van der Waals surface area contributed by atoms with E-state index in [0.717, 1.165) is 17.8 Å². The van der Waals surface area contributed by atoms with E-state index in [-0.39, 0.29) is 5.41 Å². The van der Waals surface area contributed by atoms with Crippen LogP contribution in [0.25, 0.3) is 0 Å². The fourth-order valence-electron chi connectivity index (χ4n) is 5.55. The van der Waals surface area contributed by atoms with Crippen LogP contribution in [0.5, 0.6) is 0 Å². The third kappa shape index (κ3) is 3.07. The molecule has 4 saturated carbocycles. The molecule has 1 aromatic heterocycles. The molecule has 4 bridgehead atoms. The van der Waals surface area contributed by atoms with Gasteiger partial charge >= 0.3 is 7.75 Å². The van der Waals surface area contributed by atoms with Gasteiger partial charge in [-0.25, -0.2) is 9.55 Å². The molecule has 0 radical (unpaired) electrons. The van der Waals surface area contributed by atoms with E-state index in [1.165, 1.54) is 55.6 Å². The predicted molar refractivity (Wildman–Crippen MR) is 96.4 cm³/mol. The minimum absolute atomic E-state index is 0.270. The highest BCUT2D eigenvalue weighted by atomic mass is 32.1. The molecule has 4 aliphatic rings. The summed E-state index contributed by atoms with van der Waals surface area (Å²) in [4.78, 5) is 4.82. The van der Waals surface area contributed by atoms with E-state index in [4.69, 9.17) is 14.0 Å². The molecule has 4 aliphatic carbocycles. The first-order chi connectivity index (χ1) is 11.5. The molecule has 0 amide bonds. The van der Waals surface area contributed by atoms with Crippen LogP contribution in [0, 0.1) is 17.8 Å². The molecule has 0 spiro atoms. The second-order valence-electron chi connectivity index (χ2n) is 7.68. The molecule has 0 aliphatic heterocycles. The van der Waals surface area contributed by atoms with Crippen LogP contribution in [-0.4, -0.2) is 18.2 Å². The standard InChI is InChI=1S/C17H27N2O3PS/c1-3-21-23(20,22-4-2)19-16-18-15(11-24-16)17-8-12-5-13(9-17)7-14(6-12)10-17/h11-14H,3-10H2,1-2H3,(H,18,19,20). The Bertz CT molecular complexity index is 602. The Morgan fingerprint density at radius 1 is 1.17 bits per heavy atom. The van der Waals surface area contributed by atoms with Gasteiger partial charge in [0.25, 0.3) is 0 Å². The van der Waals surface area contributed by atoms with Crippen LogP contribution in [0.15, 0.2) is 5.38 Å². The molecule has 0 atom stereocenters. The number of hydrogen-bond acceptors (Lipinski definition) is 5. The number of anilines is 1. The monoisotopic (exact) mass is 370 g/mol. The van der Waals surface area contributed by atoms with Gasteiger partial charge in [0, 0.05) is 10.8 Å². The highest BCUT2D eigenvalue weighted by Gasteiger charge is 2.52. The normalized spacial score (nSPS) is 34.7. The molecule has 5 nitrogen and oxygen atoms in total. The molecular weight excluding hydrogens is 343 g/mol. The number of thiazole rings is 1. The molecule has 1 N–H and O–H groups in total. The maximum absolute atomic E-state index is 12.7. The lowest BCUT2D eigenvalue weighted by Crippen LogP contribution is -2.48. The predicted octanol–water partition coefficient (Wildman–Crippen LogP) is 5.20. The van der Waals surface area contributed by atoms with E-state index in [9.17, 15) is 4.57 Å². The summed E-state index contributed by atoms with van der Waals surface area (Å²) in [7, 11) is -3.30. The lowest BCUT2D eigenvalue weighted by molar-refractivity contribution is -0.00688. The van der Waals surface area contributed by atoms with Crippen molar-refractivity contribution in [2.45, 2.75) is 57.8 Å². The van der Waals surface area contributed by atoms with Crippen molar-refractivity contribution in [3.8, 4) is 0 Å². The van der Waals surface area contributed by atoms with Crippen LogP contribution in [-0.2, 0) is 19.0 Å². The fraction of sp³-hybridized carbons (Fsp3) is 0.824. The summed E-state index contributed by atoms with van der Waals surface area (Å²) in [5, 5.41) is 5.75. The van der Waals surface area contributed by atoms with Crippen molar-refractivity contribution < 1.29 is 13.6 Å². The summed E-state index contributed by atoms with van der Waals surface area (Å²) in [5.74, 6) is 2.69. The molecular formula is C17H27N2O3PS. The van der Waals surface area contributed by atoms with Gasteiger partial charge in [0.2, 0.25) is 0 Å². The molecule has 7 heteroatoms. The van der Waals surface area contributed by atoms with Crippen molar-refractivity contribution in [3.05, 3.63) is 11.1 Å². The molecule has 134 valence electrons. The summed E-state index contributed by atoms with van der Waals surface area (Å²) >= 11 is 1.52. The molecule has 24 heavy (non-hydrogen) atoms. The first-order valence-electron chi connectivity index (χ1n) is 9.17. The van der Waals surface area contributed by atoms with E-state index in [1.54, 1.807) is 0 Å². The van der Waals surface area contributed by atoms with E-state index in [0.29, 0.717) is 18.3 Å². The second kappa shape index (κ2) is 6.39. The molecule has 5 rings (SSSR count). The summed E-state index contributed by atoms with van der Waals surface area (Å²) in [6.45, 7) is 4.32. The zero-order valence-electron chi connectivity index (χ0n) is 14.5. The molecule has 0 unspecified atom stereocenters. The van der Waals surface area contributed by atoms with Crippen molar-refractivity contribution in [1.29, 1.82) is 0 Å². The van der Waals surface area contributed by atoms with Crippen molar-refractivity contribution >= 4 is 24.2 Å². The average Bonchev–Trinajstić information content (AvgIpc) is 2.95. The van der Waals surface area contributed by atoms with Gasteiger partial charge in [0.15, 0.2) is 5.13 Å². The lowest BCUT2D eigenvalue weighted by Gasteiger charge is -2.56. The SMILES string of the molecule is CCOP(=O)(Nc1nc(C23CC4CC(CC(C4)C2)C3)cs1)OCC. The maximum atomic E-state index is 12.7. The van der Waals surface area contributed by atoms with Crippen LogP contribution in [0.4, 0.5) is 5.13 Å². The fourth-order valence-corrected chi connectivity index (χ4v) is 7.94. The largest absolute Gasteiger partial charge is 0.434 e. The Hall–Kier alpha value is -0.420. The minimum atomic E-state index is -3.30. The van der Waals surface area contributed by atoms with Gasteiger partial charge in [-0.05, 0) is 70.1 Å². The van der Waals surface area contributed by atoms with Crippen LogP contribution < -0.4 is 5.09 Å². The quantitative estimate of drug-likeness (QED) is 0.668. The highest BCUT2D eigenvalue weighted by molar-refractivity contribution is 7.56. The van der Waals surface area contributed by atoms with Gasteiger partial charge < -0.3 is 0 Å². The van der Waals surface area contributed by atoms with Gasteiger partial charge in [-0.2, -0.15) is 0 Å². The molecule has 1 aromatic rings. The van der Waals surface area contributed by atoms with E-state index in [1.807, 2.05) is 13.8 Å². The third-order valence-corrected chi connectivity index (χ3v) is 8.51. The Morgan fingerprint density at radius 2 is 1.71 bits per heavy atom. The summed E-state index contributed by atoms with van der Waals surface area (Å²) in [6.07, 6.45) is 8.15. The minimum Gasteiger partial charge on any atom is -0.293 e.